The van der Waals surface area contributed by atoms with Gasteiger partial charge in [0.05, 0.1) is 0 Å². The van der Waals surface area contributed by atoms with Crippen molar-refractivity contribution in [3.63, 3.8) is 0 Å². The second-order valence-corrected chi connectivity index (χ2v) is 7.94. The third-order valence-electron chi connectivity index (χ3n) is 4.55. The van der Waals surface area contributed by atoms with Crippen LogP contribution < -0.4 is 0 Å². The first-order chi connectivity index (χ1) is 12.4. The normalized spacial score (nSPS) is 20.8. The molecule has 0 aromatic heterocycles. The maximum absolute atomic E-state index is 13.1. The number of rotatable bonds is 2. The van der Waals surface area contributed by atoms with Crippen molar-refractivity contribution < 1.29 is 4.79 Å². The van der Waals surface area contributed by atoms with Crippen LogP contribution in [0.15, 0.2) is 47.5 Å². The van der Waals surface area contributed by atoms with Crippen LogP contribution in [0.4, 0.5) is 0 Å². The molecular weight excluding hydrogens is 410 g/mol. The highest BCUT2D eigenvalue weighted by molar-refractivity contribution is 6.38. The van der Waals surface area contributed by atoms with Gasteiger partial charge in [-0.15, -0.1) is 0 Å². The van der Waals surface area contributed by atoms with Gasteiger partial charge < -0.3 is 0 Å². The summed E-state index contributed by atoms with van der Waals surface area (Å²) >= 11 is 25.0. The number of hydrogen-bond acceptors (Lipinski definition) is 1. The highest BCUT2D eigenvalue weighted by Gasteiger charge is 2.27. The van der Waals surface area contributed by atoms with E-state index in [4.69, 9.17) is 46.4 Å². The predicted molar refractivity (Wildman–Crippen MR) is 112 cm³/mol. The Morgan fingerprint density at radius 2 is 1.31 bits per heavy atom. The minimum absolute atomic E-state index is 0.0178. The first kappa shape index (κ1) is 19.5. The second kappa shape index (κ2) is 8.19. The number of ketones is 1. The third kappa shape index (κ3) is 4.02. The van der Waals surface area contributed by atoms with E-state index < -0.39 is 0 Å². The van der Waals surface area contributed by atoms with Gasteiger partial charge in [-0.3, -0.25) is 4.79 Å². The summed E-state index contributed by atoms with van der Waals surface area (Å²) in [6.07, 6.45) is 5.13. The van der Waals surface area contributed by atoms with Crippen molar-refractivity contribution in [1.29, 1.82) is 0 Å². The molecule has 0 unspecified atom stereocenters. The highest BCUT2D eigenvalue weighted by atomic mass is 35.5. The molecule has 0 aliphatic heterocycles. The molecule has 1 saturated carbocycles. The fraction of sp³-hybridized carbons (Fsp3) is 0.190. The van der Waals surface area contributed by atoms with Gasteiger partial charge in [0.25, 0.3) is 0 Å². The van der Waals surface area contributed by atoms with E-state index in [-0.39, 0.29) is 11.7 Å². The molecule has 0 radical (unpaired) electrons. The lowest BCUT2D eigenvalue weighted by Crippen LogP contribution is -2.19. The Balaban J connectivity index is 2.04. The van der Waals surface area contributed by atoms with Crippen molar-refractivity contribution in [3.05, 3.63) is 78.8 Å². The van der Waals surface area contributed by atoms with E-state index in [1.54, 1.807) is 48.6 Å². The second-order valence-electron chi connectivity index (χ2n) is 6.31. The zero-order chi connectivity index (χ0) is 18.8. The molecule has 2 aromatic carbocycles. The number of halogens is 4. The predicted octanol–water partition coefficient (Wildman–Crippen LogP) is 7.77. The molecule has 1 fully saturated rings. The molecule has 3 rings (SSSR count). The summed E-state index contributed by atoms with van der Waals surface area (Å²) in [6, 6.07) is 10.6. The Bertz CT molecular complexity index is 887. The fourth-order valence-corrected chi connectivity index (χ4v) is 4.04. The maximum atomic E-state index is 13.1. The fourth-order valence-electron chi connectivity index (χ4n) is 3.02. The Morgan fingerprint density at radius 1 is 0.846 bits per heavy atom. The number of Topliss-reactive ketones (excluding diaryl/α,β-unsaturated/α-hetero) is 1. The molecule has 0 N–H and O–H groups in total. The van der Waals surface area contributed by atoms with Gasteiger partial charge >= 0.3 is 0 Å². The zero-order valence-electron chi connectivity index (χ0n) is 14.0. The SMILES string of the molecule is C[C@@H]1CC/C(=C\c2c(Cl)cccc2Cl)C(=O)/C1=C/c1c(Cl)cccc1Cl. The topological polar surface area (TPSA) is 17.1 Å². The quantitative estimate of drug-likeness (QED) is 0.449. The molecular formula is C21H16Cl4O. The Hall–Kier alpha value is -1.25. The smallest absolute Gasteiger partial charge is 0.185 e. The van der Waals surface area contributed by atoms with E-state index in [1.165, 1.54) is 0 Å². The molecule has 1 nitrogen and oxygen atoms in total. The van der Waals surface area contributed by atoms with E-state index >= 15 is 0 Å². The molecule has 0 amide bonds. The van der Waals surface area contributed by atoms with Crippen LogP contribution in [0.2, 0.25) is 20.1 Å². The first-order valence-corrected chi connectivity index (χ1v) is 9.74. The van der Waals surface area contributed by atoms with Crippen LogP contribution in [0.25, 0.3) is 12.2 Å². The van der Waals surface area contributed by atoms with Crippen LogP contribution >= 0.6 is 46.4 Å². The molecule has 0 heterocycles. The molecule has 0 bridgehead atoms. The van der Waals surface area contributed by atoms with Gasteiger partial charge in [-0.05, 0) is 55.2 Å². The van der Waals surface area contributed by atoms with E-state index in [9.17, 15) is 4.79 Å². The number of allylic oxidation sites excluding steroid dienone is 2. The largest absolute Gasteiger partial charge is 0.289 e. The summed E-state index contributed by atoms with van der Waals surface area (Å²) in [5, 5.41) is 2.10. The molecule has 26 heavy (non-hydrogen) atoms. The number of carbonyl (C=O) groups is 1. The third-order valence-corrected chi connectivity index (χ3v) is 5.87. The lowest BCUT2D eigenvalue weighted by Gasteiger charge is -2.23. The molecule has 2 aromatic rings. The molecule has 1 aliphatic rings. The van der Waals surface area contributed by atoms with Gasteiger partial charge in [0.1, 0.15) is 0 Å². The van der Waals surface area contributed by atoms with Gasteiger partial charge in [-0.25, -0.2) is 0 Å². The van der Waals surface area contributed by atoms with Crippen LogP contribution in [0.1, 0.15) is 30.9 Å². The minimum Gasteiger partial charge on any atom is -0.289 e. The number of hydrogen-bond donors (Lipinski definition) is 0. The van der Waals surface area contributed by atoms with Crippen molar-refractivity contribution in [2.75, 3.05) is 0 Å². The average molecular weight is 426 g/mol. The van der Waals surface area contributed by atoms with Gasteiger partial charge in [0, 0.05) is 42.4 Å². The van der Waals surface area contributed by atoms with Gasteiger partial charge in [0.2, 0.25) is 0 Å². The lowest BCUT2D eigenvalue weighted by atomic mass is 9.80. The maximum Gasteiger partial charge on any atom is 0.185 e. The van der Waals surface area contributed by atoms with Crippen molar-refractivity contribution in [3.8, 4) is 0 Å². The van der Waals surface area contributed by atoms with Crippen LogP contribution in [0.5, 0.6) is 0 Å². The Labute approximate surface area is 173 Å². The molecule has 1 atom stereocenters. The summed E-state index contributed by atoms with van der Waals surface area (Å²) in [6.45, 7) is 2.04. The van der Waals surface area contributed by atoms with Crippen molar-refractivity contribution in [1.82, 2.24) is 0 Å². The van der Waals surface area contributed by atoms with E-state index in [2.05, 4.69) is 0 Å². The highest BCUT2D eigenvalue weighted by Crippen LogP contribution is 2.36. The number of carbonyl (C=O) groups excluding carboxylic acids is 1. The lowest BCUT2D eigenvalue weighted by molar-refractivity contribution is -0.113. The summed E-state index contributed by atoms with van der Waals surface area (Å²) < 4.78 is 0. The zero-order valence-corrected chi connectivity index (χ0v) is 17.1. The van der Waals surface area contributed by atoms with Crippen molar-refractivity contribution >= 4 is 64.3 Å². The standard InChI is InChI=1S/C21H16Cl4O/c1-12-8-9-13(10-15-17(22)4-2-5-18(15)23)21(26)14(12)11-16-19(24)6-3-7-20(16)25/h2-7,10-12H,8-9H2,1H3/b13-10+,14-11+/t12-/m1/s1. The van der Waals surface area contributed by atoms with E-state index in [0.29, 0.717) is 48.8 Å². The molecule has 0 spiro atoms. The van der Waals surface area contributed by atoms with Crippen LogP contribution in [0, 0.1) is 5.92 Å². The van der Waals surface area contributed by atoms with Gasteiger partial charge in [0.15, 0.2) is 5.78 Å². The number of benzene rings is 2. The molecule has 134 valence electrons. The summed E-state index contributed by atoms with van der Waals surface area (Å²) in [5.41, 5.74) is 2.72. The minimum atomic E-state index is -0.0178. The molecule has 1 aliphatic carbocycles. The van der Waals surface area contributed by atoms with E-state index in [0.717, 1.165) is 6.42 Å². The Kier molecular flexibility index (Phi) is 6.14. The van der Waals surface area contributed by atoms with Crippen LogP contribution in [0.3, 0.4) is 0 Å². The molecule has 0 saturated heterocycles. The monoisotopic (exact) mass is 424 g/mol. The van der Waals surface area contributed by atoms with Crippen LogP contribution in [-0.2, 0) is 4.79 Å². The molecule has 5 heteroatoms. The summed E-state index contributed by atoms with van der Waals surface area (Å²) in [7, 11) is 0. The first-order valence-electron chi connectivity index (χ1n) is 8.23. The van der Waals surface area contributed by atoms with Gasteiger partial charge in [-0.1, -0.05) is 65.5 Å². The summed E-state index contributed by atoms with van der Waals surface area (Å²) in [4.78, 5) is 13.1. The van der Waals surface area contributed by atoms with Crippen molar-refractivity contribution in [2.45, 2.75) is 19.8 Å². The van der Waals surface area contributed by atoms with E-state index in [1.807, 2.05) is 6.92 Å². The van der Waals surface area contributed by atoms with Gasteiger partial charge in [-0.2, -0.15) is 0 Å². The van der Waals surface area contributed by atoms with Crippen molar-refractivity contribution in [2.24, 2.45) is 5.92 Å². The average Bonchev–Trinajstić information content (AvgIpc) is 2.59. The summed E-state index contributed by atoms with van der Waals surface area (Å²) in [5.74, 6) is 0.101. The van der Waals surface area contributed by atoms with Crippen LogP contribution in [-0.4, -0.2) is 5.78 Å². The Morgan fingerprint density at radius 3 is 1.81 bits per heavy atom.